The van der Waals surface area contributed by atoms with E-state index in [2.05, 4.69) is 67.5 Å². The summed E-state index contributed by atoms with van der Waals surface area (Å²) in [6.07, 6.45) is -6.05. The van der Waals surface area contributed by atoms with Crippen molar-refractivity contribution in [2.75, 3.05) is 6.61 Å². The van der Waals surface area contributed by atoms with E-state index in [-0.39, 0.29) is 39.9 Å². The molecular formula is C42H70O12. The van der Waals surface area contributed by atoms with Crippen LogP contribution in [0.4, 0.5) is 0 Å². The van der Waals surface area contributed by atoms with E-state index in [1.807, 2.05) is 0 Å². The first-order valence-corrected chi connectivity index (χ1v) is 20.4. The second-order valence-electron chi connectivity index (χ2n) is 19.6. The summed E-state index contributed by atoms with van der Waals surface area (Å²) in [5.41, 5.74) is 1.01. The third-order valence-corrected chi connectivity index (χ3v) is 16.0. The molecule has 2 heterocycles. The van der Waals surface area contributed by atoms with Crippen LogP contribution >= 0.6 is 0 Å². The first-order chi connectivity index (χ1) is 25.1. The highest BCUT2D eigenvalue weighted by molar-refractivity contribution is 5.24. The molecule has 12 nitrogen and oxygen atoms in total. The van der Waals surface area contributed by atoms with E-state index < -0.39 is 91.7 Å². The summed E-state index contributed by atoms with van der Waals surface area (Å²) in [5.74, 6) is 0.165. The number of rotatable bonds is 8. The number of fused-ring (bicyclic) bond motifs is 5. The number of aliphatic hydroxyl groups excluding tert-OH is 8. The van der Waals surface area contributed by atoms with Crippen molar-refractivity contribution in [1.82, 2.24) is 0 Å². The molecule has 0 aromatic rings. The average molecular weight is 767 g/mol. The molecule has 6 aliphatic rings. The lowest BCUT2D eigenvalue weighted by molar-refractivity contribution is -0.381. The van der Waals surface area contributed by atoms with Gasteiger partial charge in [-0.3, -0.25) is 0 Å². The summed E-state index contributed by atoms with van der Waals surface area (Å²) in [4.78, 5) is 0. The van der Waals surface area contributed by atoms with E-state index >= 15 is 0 Å². The minimum Gasteiger partial charge on any atom is -0.394 e. The van der Waals surface area contributed by atoms with Gasteiger partial charge in [0.15, 0.2) is 12.6 Å². The maximum atomic E-state index is 12.2. The van der Waals surface area contributed by atoms with Crippen LogP contribution < -0.4 is 0 Å². The number of aliphatic hydroxyl groups is 8. The molecule has 0 bridgehead atoms. The van der Waals surface area contributed by atoms with Crippen LogP contribution in [-0.2, 0) is 18.9 Å². The molecule has 2 aliphatic heterocycles. The van der Waals surface area contributed by atoms with Gasteiger partial charge in [0.1, 0.15) is 42.7 Å². The van der Waals surface area contributed by atoms with Gasteiger partial charge in [0, 0.05) is 0 Å². The summed E-state index contributed by atoms with van der Waals surface area (Å²) in [7, 11) is 0. The highest BCUT2D eigenvalue weighted by Gasteiger charge is 2.73. The number of ether oxygens (including phenoxy) is 4. The fourth-order valence-electron chi connectivity index (χ4n) is 12.9. The number of hydrogen-bond donors (Lipinski definition) is 8. The summed E-state index contributed by atoms with van der Waals surface area (Å²) < 4.78 is 25.2. The molecule has 54 heavy (non-hydrogen) atoms. The molecule has 12 heteroatoms. The van der Waals surface area contributed by atoms with Crippen LogP contribution in [0.2, 0.25) is 0 Å². The third-order valence-electron chi connectivity index (χ3n) is 16.0. The Hall–Kier alpha value is -1.00. The molecule has 20 atom stereocenters. The zero-order valence-corrected chi connectivity index (χ0v) is 33.8. The fraction of sp³-hybridized carbons (Fsp3) is 0.905. The van der Waals surface area contributed by atoms with Crippen molar-refractivity contribution in [2.24, 2.45) is 45.3 Å². The minimum absolute atomic E-state index is 0.0381. The summed E-state index contributed by atoms with van der Waals surface area (Å²) in [6, 6.07) is 0. The summed E-state index contributed by atoms with van der Waals surface area (Å²) in [5, 5.41) is 88.2. The zero-order chi connectivity index (χ0) is 39.9. The number of allylic oxidation sites excluding steroid dienone is 4. The first-order valence-electron chi connectivity index (χ1n) is 20.4. The van der Waals surface area contributed by atoms with E-state index in [0.717, 1.165) is 25.7 Å². The quantitative estimate of drug-likeness (QED) is 0.133. The second kappa shape index (κ2) is 15.3. The van der Waals surface area contributed by atoms with Gasteiger partial charge in [-0.2, -0.15) is 0 Å². The van der Waals surface area contributed by atoms with Gasteiger partial charge >= 0.3 is 0 Å². The Morgan fingerprint density at radius 2 is 1.44 bits per heavy atom. The predicted molar refractivity (Wildman–Crippen MR) is 199 cm³/mol. The molecule has 0 spiro atoms. The van der Waals surface area contributed by atoms with Crippen LogP contribution in [0, 0.1) is 45.3 Å². The van der Waals surface area contributed by atoms with Crippen LogP contribution in [-0.4, -0.2) is 127 Å². The van der Waals surface area contributed by atoms with Gasteiger partial charge < -0.3 is 59.8 Å². The Kier molecular flexibility index (Phi) is 12.1. The standard InChI is InChI=1S/C42H70O12/c1-20(2)11-10-12-21(3)23-13-16-41(8)29(23)24(44)17-27-40(7)15-14-28(45)39(5,6)36(40)25(18-42(27,41)9)52-38-35(33(49)31(47)26(19-43)53-38)54-37-34(50)32(48)30(46)22(4)51-37/h11-12,22-38,43-50H,10,13-19H2,1-9H3/b21-12+/t22-,23+,24-,25+,26+,27+,28+,29-,30-,31+,32+,33-,34+,35+,36?,37-,38+,40+,41+,42+/m0/s1. The molecule has 6 fully saturated rings. The SMILES string of the molecule is CC(C)=CC/C=C(\C)[C@H]1CC[C@]2(C)[C@@H]1[C@@H](O)C[C@@H]1[C@@]3(C)CC[C@@H](O)C(C)(C)C3[C@H](O[C@@H]3O[C@H](CO)[C@@H](O)[C@H](O)[C@H]3O[C@@H]3O[C@@H](C)[C@H](O)[C@@H](O)[C@H]3O)C[C@]12C. The van der Waals surface area contributed by atoms with Crippen LogP contribution in [0.1, 0.15) is 107 Å². The van der Waals surface area contributed by atoms with Crippen molar-refractivity contribution in [2.45, 2.75) is 187 Å². The Bertz CT molecular complexity index is 1400. The maximum absolute atomic E-state index is 12.2. The monoisotopic (exact) mass is 766 g/mol. The molecule has 2 saturated heterocycles. The molecule has 0 aromatic heterocycles. The Labute approximate surface area is 321 Å². The Balaban J connectivity index is 1.39. The second-order valence-corrected chi connectivity index (χ2v) is 19.6. The normalized spacial score (nSPS) is 53.3. The van der Waals surface area contributed by atoms with Crippen LogP contribution in [0.5, 0.6) is 0 Å². The molecule has 0 aromatic carbocycles. The van der Waals surface area contributed by atoms with Crippen LogP contribution in [0.15, 0.2) is 23.3 Å². The largest absolute Gasteiger partial charge is 0.394 e. The maximum Gasteiger partial charge on any atom is 0.187 e. The van der Waals surface area contributed by atoms with Gasteiger partial charge in [-0.25, -0.2) is 0 Å². The summed E-state index contributed by atoms with van der Waals surface area (Å²) in [6.45, 7) is 18.5. The first kappa shape index (κ1) is 42.6. The van der Waals surface area contributed by atoms with Crippen molar-refractivity contribution in [3.05, 3.63) is 23.3 Å². The topological polar surface area (TPSA) is 199 Å². The predicted octanol–water partition coefficient (Wildman–Crippen LogP) is 2.95. The molecule has 1 unspecified atom stereocenters. The van der Waals surface area contributed by atoms with Crippen molar-refractivity contribution in [3.63, 3.8) is 0 Å². The van der Waals surface area contributed by atoms with Gasteiger partial charge in [-0.05, 0) is 118 Å². The lowest BCUT2D eigenvalue weighted by Gasteiger charge is -2.72. The van der Waals surface area contributed by atoms with Gasteiger partial charge in [-0.15, -0.1) is 0 Å². The molecule has 0 radical (unpaired) electrons. The smallest absolute Gasteiger partial charge is 0.187 e. The van der Waals surface area contributed by atoms with Crippen molar-refractivity contribution >= 4 is 0 Å². The molecule has 4 aliphatic carbocycles. The minimum atomic E-state index is -1.68. The molecular weight excluding hydrogens is 696 g/mol. The van der Waals surface area contributed by atoms with Crippen molar-refractivity contribution in [1.29, 1.82) is 0 Å². The molecule has 4 saturated carbocycles. The van der Waals surface area contributed by atoms with Crippen molar-refractivity contribution < 1.29 is 59.8 Å². The van der Waals surface area contributed by atoms with Gasteiger partial charge in [-0.1, -0.05) is 57.9 Å². The molecule has 8 N–H and O–H groups in total. The fourth-order valence-corrected chi connectivity index (χ4v) is 12.9. The Morgan fingerprint density at radius 1 is 0.759 bits per heavy atom. The molecule has 6 rings (SSSR count). The zero-order valence-electron chi connectivity index (χ0n) is 33.8. The van der Waals surface area contributed by atoms with Crippen LogP contribution in [0.3, 0.4) is 0 Å². The highest BCUT2D eigenvalue weighted by Crippen LogP contribution is 2.76. The van der Waals surface area contributed by atoms with E-state index in [9.17, 15) is 40.9 Å². The molecule has 310 valence electrons. The third kappa shape index (κ3) is 6.79. The lowest BCUT2D eigenvalue weighted by Crippen LogP contribution is -2.71. The lowest BCUT2D eigenvalue weighted by atomic mass is 9.34. The van der Waals surface area contributed by atoms with Gasteiger partial charge in [0.25, 0.3) is 0 Å². The van der Waals surface area contributed by atoms with E-state index in [0.29, 0.717) is 19.3 Å². The van der Waals surface area contributed by atoms with Crippen molar-refractivity contribution in [3.8, 4) is 0 Å². The van der Waals surface area contributed by atoms with Crippen LogP contribution in [0.25, 0.3) is 0 Å². The Morgan fingerprint density at radius 3 is 2.09 bits per heavy atom. The highest BCUT2D eigenvalue weighted by atomic mass is 16.8. The van der Waals surface area contributed by atoms with E-state index in [4.69, 9.17) is 18.9 Å². The van der Waals surface area contributed by atoms with E-state index in [1.54, 1.807) is 0 Å². The molecule has 0 amide bonds. The number of hydrogen-bond acceptors (Lipinski definition) is 12. The van der Waals surface area contributed by atoms with Gasteiger partial charge in [0.05, 0.1) is 31.0 Å². The van der Waals surface area contributed by atoms with E-state index in [1.165, 1.54) is 18.1 Å². The summed E-state index contributed by atoms with van der Waals surface area (Å²) >= 11 is 0. The average Bonchev–Trinajstić information content (AvgIpc) is 3.48. The van der Waals surface area contributed by atoms with Gasteiger partial charge in [0.2, 0.25) is 0 Å².